The van der Waals surface area contributed by atoms with Crippen LogP contribution in [-0.4, -0.2) is 28.0 Å². The van der Waals surface area contributed by atoms with Crippen molar-refractivity contribution >= 4 is 21.6 Å². The van der Waals surface area contributed by atoms with Crippen LogP contribution >= 0.6 is 11.3 Å². The number of pyridine rings is 1. The van der Waals surface area contributed by atoms with Crippen LogP contribution in [-0.2, 0) is 12.8 Å². The van der Waals surface area contributed by atoms with E-state index in [0.29, 0.717) is 11.6 Å². The van der Waals surface area contributed by atoms with Gasteiger partial charge < -0.3 is 0 Å². The summed E-state index contributed by atoms with van der Waals surface area (Å²) in [5, 5.41) is 9.06. The lowest BCUT2D eigenvalue weighted by molar-refractivity contribution is 0.221. The number of hydrogen-bond donors (Lipinski definition) is 0. The molecule has 0 radical (unpaired) electrons. The van der Waals surface area contributed by atoms with Gasteiger partial charge in [-0.15, -0.1) is 11.3 Å². The molecule has 4 rings (SSSR count). The molecule has 0 spiro atoms. The molecule has 4 nitrogen and oxygen atoms in total. The zero-order valence-electron chi connectivity index (χ0n) is 13.6. The molecule has 0 amide bonds. The first kappa shape index (κ1) is 15.3. The van der Waals surface area contributed by atoms with Crippen molar-refractivity contribution in [2.75, 3.05) is 13.1 Å². The highest BCUT2D eigenvalue weighted by Crippen LogP contribution is 2.27. The Bertz CT molecular complexity index is 925. The van der Waals surface area contributed by atoms with Crippen molar-refractivity contribution in [3.05, 3.63) is 58.4 Å². The van der Waals surface area contributed by atoms with Crippen LogP contribution in [0.4, 0.5) is 0 Å². The molecule has 120 valence electrons. The van der Waals surface area contributed by atoms with Crippen molar-refractivity contribution in [2.24, 2.45) is 0 Å². The van der Waals surface area contributed by atoms with Crippen LogP contribution in [0.3, 0.4) is 0 Å². The number of thiazole rings is 1. The van der Waals surface area contributed by atoms with Crippen LogP contribution in [0.25, 0.3) is 10.2 Å². The highest BCUT2D eigenvalue weighted by Gasteiger charge is 2.21. The third-order valence-electron chi connectivity index (χ3n) is 4.88. The van der Waals surface area contributed by atoms with Crippen LogP contribution < -0.4 is 0 Å². The molecular weight excluding hydrogens is 316 g/mol. The maximum atomic E-state index is 9.06. The molecule has 0 unspecified atom stereocenters. The van der Waals surface area contributed by atoms with Gasteiger partial charge in [0.25, 0.3) is 0 Å². The molecule has 1 aliphatic heterocycles. The van der Waals surface area contributed by atoms with Crippen molar-refractivity contribution in [1.29, 1.82) is 5.26 Å². The summed E-state index contributed by atoms with van der Waals surface area (Å²) in [5.41, 5.74) is 7.31. The zero-order valence-corrected chi connectivity index (χ0v) is 14.4. The maximum absolute atomic E-state index is 9.06. The molecular formula is C19H18N4S. The molecule has 0 fully saturated rings. The predicted molar refractivity (Wildman–Crippen MR) is 96.0 cm³/mol. The van der Waals surface area contributed by atoms with Crippen molar-refractivity contribution < 1.29 is 0 Å². The van der Waals surface area contributed by atoms with Gasteiger partial charge in [-0.2, -0.15) is 5.26 Å². The van der Waals surface area contributed by atoms with E-state index < -0.39 is 0 Å². The monoisotopic (exact) mass is 334 g/mol. The third kappa shape index (κ3) is 2.79. The van der Waals surface area contributed by atoms with E-state index in [1.807, 2.05) is 11.6 Å². The van der Waals surface area contributed by atoms with Gasteiger partial charge in [-0.1, -0.05) is 6.07 Å². The summed E-state index contributed by atoms with van der Waals surface area (Å²) in [5.74, 6) is 0. The summed E-state index contributed by atoms with van der Waals surface area (Å²) in [6, 6.07) is 11.1. The Kier molecular flexibility index (Phi) is 4.01. The second kappa shape index (κ2) is 6.31. The lowest BCUT2D eigenvalue weighted by atomic mass is 10.1. The molecule has 0 saturated carbocycles. The van der Waals surface area contributed by atoms with E-state index in [0.717, 1.165) is 37.1 Å². The van der Waals surface area contributed by atoms with Crippen molar-refractivity contribution in [3.63, 3.8) is 0 Å². The molecule has 3 heterocycles. The second-order valence-electron chi connectivity index (χ2n) is 6.23. The van der Waals surface area contributed by atoms with Crippen LogP contribution in [0.5, 0.6) is 0 Å². The Morgan fingerprint density at radius 3 is 2.96 bits per heavy atom. The molecule has 3 aromatic rings. The molecule has 0 N–H and O–H groups in total. The van der Waals surface area contributed by atoms with Gasteiger partial charge in [-0.05, 0) is 42.7 Å². The first-order chi connectivity index (χ1) is 11.7. The van der Waals surface area contributed by atoms with Gasteiger partial charge in [0, 0.05) is 37.4 Å². The number of rotatable bonds is 2. The quantitative estimate of drug-likeness (QED) is 0.716. The number of nitrogens with zero attached hydrogens (tertiary/aromatic N) is 4. The molecule has 1 aromatic carbocycles. The van der Waals surface area contributed by atoms with Gasteiger partial charge in [-0.3, -0.25) is 9.88 Å². The van der Waals surface area contributed by atoms with Crippen LogP contribution in [0.15, 0.2) is 36.0 Å². The number of nitriles is 1. The molecule has 1 atom stereocenters. The Morgan fingerprint density at radius 2 is 2.08 bits per heavy atom. The molecule has 0 saturated heterocycles. The lowest BCUT2D eigenvalue weighted by Crippen LogP contribution is -2.29. The third-order valence-corrected chi connectivity index (χ3v) is 5.69. The minimum Gasteiger partial charge on any atom is -0.296 e. The fourth-order valence-corrected chi connectivity index (χ4v) is 4.06. The molecule has 1 aliphatic rings. The second-order valence-corrected chi connectivity index (χ2v) is 7.12. The minimum atomic E-state index is 0.348. The fourth-order valence-electron chi connectivity index (χ4n) is 3.40. The maximum Gasteiger partial charge on any atom is 0.101 e. The molecule has 2 aromatic heterocycles. The summed E-state index contributed by atoms with van der Waals surface area (Å²) in [4.78, 5) is 11.4. The highest BCUT2D eigenvalue weighted by molar-refractivity contribution is 7.16. The Hall–Kier alpha value is -2.29. The standard InChI is InChI=1S/C19H18N4S/c1-13(15-2-3-19-18(9-15)22-12-24-19)23-6-4-16-8-14(10-20)11-21-17(16)5-7-23/h2-3,8-9,11-13H,4-7H2,1H3/t13-/m0/s1. The van der Waals surface area contributed by atoms with E-state index in [1.54, 1.807) is 17.5 Å². The van der Waals surface area contributed by atoms with E-state index in [9.17, 15) is 0 Å². The average molecular weight is 334 g/mol. The topological polar surface area (TPSA) is 52.8 Å². The van der Waals surface area contributed by atoms with E-state index in [-0.39, 0.29) is 0 Å². The lowest BCUT2D eigenvalue weighted by Gasteiger charge is -2.27. The number of fused-ring (bicyclic) bond motifs is 2. The predicted octanol–water partition coefficient (Wildman–Crippen LogP) is 3.72. The average Bonchev–Trinajstić information content (AvgIpc) is 2.99. The van der Waals surface area contributed by atoms with Crippen molar-refractivity contribution in [3.8, 4) is 6.07 Å². The highest BCUT2D eigenvalue weighted by atomic mass is 32.1. The fraction of sp³-hybridized carbons (Fsp3) is 0.316. The molecule has 24 heavy (non-hydrogen) atoms. The van der Waals surface area contributed by atoms with E-state index in [4.69, 9.17) is 5.26 Å². The van der Waals surface area contributed by atoms with Crippen LogP contribution in [0.2, 0.25) is 0 Å². The molecule has 0 bridgehead atoms. The number of hydrogen-bond acceptors (Lipinski definition) is 5. The van der Waals surface area contributed by atoms with Gasteiger partial charge in [0.05, 0.1) is 21.3 Å². The van der Waals surface area contributed by atoms with E-state index >= 15 is 0 Å². The van der Waals surface area contributed by atoms with Gasteiger partial charge in [0.15, 0.2) is 0 Å². The summed E-state index contributed by atoms with van der Waals surface area (Å²) in [6.45, 7) is 4.24. The SMILES string of the molecule is C[C@@H](c1ccc2scnc2c1)N1CCc2cc(C#N)cnc2CC1. The van der Waals surface area contributed by atoms with Crippen molar-refractivity contribution in [1.82, 2.24) is 14.9 Å². The number of benzene rings is 1. The summed E-state index contributed by atoms with van der Waals surface area (Å²) in [7, 11) is 0. The smallest absolute Gasteiger partial charge is 0.101 e. The van der Waals surface area contributed by atoms with E-state index in [2.05, 4.69) is 46.1 Å². The zero-order chi connectivity index (χ0) is 16.5. The Labute approximate surface area is 145 Å². The minimum absolute atomic E-state index is 0.348. The first-order valence-electron chi connectivity index (χ1n) is 8.19. The van der Waals surface area contributed by atoms with Gasteiger partial charge >= 0.3 is 0 Å². The van der Waals surface area contributed by atoms with Crippen molar-refractivity contribution in [2.45, 2.75) is 25.8 Å². The Morgan fingerprint density at radius 1 is 1.21 bits per heavy atom. The molecule has 5 heteroatoms. The normalized spacial score (nSPS) is 16.3. The van der Waals surface area contributed by atoms with E-state index in [1.165, 1.54) is 15.8 Å². The summed E-state index contributed by atoms with van der Waals surface area (Å²) in [6.07, 6.45) is 3.57. The summed E-state index contributed by atoms with van der Waals surface area (Å²) >= 11 is 1.68. The largest absolute Gasteiger partial charge is 0.296 e. The first-order valence-corrected chi connectivity index (χ1v) is 9.07. The van der Waals surface area contributed by atoms with Crippen LogP contribution in [0.1, 0.15) is 35.3 Å². The van der Waals surface area contributed by atoms with Crippen LogP contribution in [0, 0.1) is 11.3 Å². The van der Waals surface area contributed by atoms with Gasteiger partial charge in [0.1, 0.15) is 6.07 Å². The Balaban J connectivity index is 1.56. The van der Waals surface area contributed by atoms with Gasteiger partial charge in [0.2, 0.25) is 0 Å². The number of aromatic nitrogens is 2. The summed E-state index contributed by atoms with van der Waals surface area (Å²) < 4.78 is 1.24. The molecule has 0 aliphatic carbocycles. The van der Waals surface area contributed by atoms with Gasteiger partial charge in [-0.25, -0.2) is 4.98 Å².